The molecule has 1 aliphatic heterocycles. The predicted molar refractivity (Wildman–Crippen MR) is 35.6 cm³/mol. The second kappa shape index (κ2) is 3.66. The topological polar surface area (TPSA) is 78.8 Å². The first-order valence-electron chi connectivity index (χ1n) is 3.43. The van der Waals surface area contributed by atoms with Gasteiger partial charge in [-0.2, -0.15) is 0 Å². The third kappa shape index (κ3) is 1.89. The van der Waals surface area contributed by atoms with Crippen molar-refractivity contribution < 1.29 is 19.7 Å². The number of carbonyl (C=O) groups is 1. The summed E-state index contributed by atoms with van der Waals surface area (Å²) in [5.41, 5.74) is 0. The quantitative estimate of drug-likeness (QED) is 0.337. The molecule has 5 nitrogen and oxygen atoms in total. The van der Waals surface area contributed by atoms with Gasteiger partial charge in [0.05, 0.1) is 6.10 Å². The van der Waals surface area contributed by atoms with E-state index in [1.165, 1.54) is 0 Å². The third-order valence-electron chi connectivity index (χ3n) is 1.65. The highest BCUT2D eigenvalue weighted by atomic mass is 16.5. The molecule has 64 valence electrons. The fraction of sp³-hybridized carbons (Fsp3) is 0.833. The molecule has 0 aromatic carbocycles. The van der Waals surface area contributed by atoms with Gasteiger partial charge in [-0.25, -0.2) is 0 Å². The number of aliphatic hydroxyl groups excluding tert-OH is 2. The van der Waals surface area contributed by atoms with Crippen molar-refractivity contribution in [3.05, 3.63) is 0 Å². The molecular weight excluding hydrogens is 150 g/mol. The van der Waals surface area contributed by atoms with Crippen LogP contribution in [0.4, 0.5) is 0 Å². The molecule has 0 saturated carbocycles. The van der Waals surface area contributed by atoms with Crippen molar-refractivity contribution in [1.82, 2.24) is 5.32 Å². The van der Waals surface area contributed by atoms with Crippen LogP contribution in [-0.4, -0.2) is 41.7 Å². The highest BCUT2D eigenvalue weighted by molar-refractivity contribution is 5.46. The van der Waals surface area contributed by atoms with Gasteiger partial charge in [-0.05, 0) is 6.42 Å². The highest BCUT2D eigenvalue weighted by Crippen LogP contribution is 2.14. The number of carbonyl (C=O) groups excluding carboxylic acids is 1. The number of hydrogen-bond donors (Lipinski definition) is 3. The van der Waals surface area contributed by atoms with E-state index in [9.17, 15) is 4.79 Å². The van der Waals surface area contributed by atoms with Crippen molar-refractivity contribution in [1.29, 1.82) is 0 Å². The molecule has 0 aliphatic carbocycles. The second-order valence-corrected chi connectivity index (χ2v) is 2.42. The molecule has 1 rings (SSSR count). The lowest BCUT2D eigenvalue weighted by Gasteiger charge is -2.18. The number of aliphatic hydroxyl groups is 2. The van der Waals surface area contributed by atoms with Crippen molar-refractivity contribution in [3.63, 3.8) is 0 Å². The zero-order valence-electron chi connectivity index (χ0n) is 5.93. The summed E-state index contributed by atoms with van der Waals surface area (Å²) in [5.74, 6) is 0. The minimum atomic E-state index is -1.11. The molecule has 1 fully saturated rings. The molecular formula is C6H11NO4. The van der Waals surface area contributed by atoms with E-state index in [2.05, 4.69) is 5.32 Å². The predicted octanol–water partition coefficient (Wildman–Crippen LogP) is -1.80. The zero-order chi connectivity index (χ0) is 8.27. The summed E-state index contributed by atoms with van der Waals surface area (Å²) in [6.07, 6.45) is -1.59. The number of rotatable bonds is 3. The number of hydrogen-bond acceptors (Lipinski definition) is 4. The summed E-state index contributed by atoms with van der Waals surface area (Å²) in [7, 11) is 0. The van der Waals surface area contributed by atoms with Gasteiger partial charge < -0.3 is 20.3 Å². The van der Waals surface area contributed by atoms with Gasteiger partial charge >= 0.3 is 0 Å². The Labute approximate surface area is 64.0 Å². The Morgan fingerprint density at radius 2 is 2.45 bits per heavy atom. The molecule has 0 bridgehead atoms. The van der Waals surface area contributed by atoms with Crippen LogP contribution in [0.15, 0.2) is 0 Å². The van der Waals surface area contributed by atoms with E-state index in [0.29, 0.717) is 19.4 Å². The Hall–Kier alpha value is -0.650. The maximum atomic E-state index is 9.87. The summed E-state index contributed by atoms with van der Waals surface area (Å²) >= 11 is 0. The largest absolute Gasteiger partial charge is 0.390 e. The van der Waals surface area contributed by atoms with Gasteiger partial charge in [0.1, 0.15) is 6.10 Å². The Morgan fingerprint density at radius 1 is 1.73 bits per heavy atom. The summed E-state index contributed by atoms with van der Waals surface area (Å²) in [6, 6.07) is 0. The van der Waals surface area contributed by atoms with E-state index < -0.39 is 18.4 Å². The van der Waals surface area contributed by atoms with Gasteiger partial charge in [-0.1, -0.05) is 0 Å². The SMILES string of the molecule is O=CNC(O)[C@H]1OCC[C@@H]1O. The summed E-state index contributed by atoms with van der Waals surface area (Å²) < 4.78 is 4.96. The normalized spacial score (nSPS) is 33.3. The molecule has 0 spiro atoms. The Morgan fingerprint density at radius 3 is 2.91 bits per heavy atom. The number of amides is 1. The van der Waals surface area contributed by atoms with Gasteiger partial charge in [-0.3, -0.25) is 4.79 Å². The summed E-state index contributed by atoms with van der Waals surface area (Å²) in [6.45, 7) is 0.420. The second-order valence-electron chi connectivity index (χ2n) is 2.42. The lowest BCUT2D eigenvalue weighted by Crippen LogP contribution is -2.43. The minimum Gasteiger partial charge on any atom is -0.390 e. The van der Waals surface area contributed by atoms with Crippen molar-refractivity contribution in [3.8, 4) is 0 Å². The number of ether oxygens (including phenoxy) is 1. The van der Waals surface area contributed by atoms with Crippen molar-refractivity contribution in [2.24, 2.45) is 0 Å². The monoisotopic (exact) mass is 161 g/mol. The molecule has 11 heavy (non-hydrogen) atoms. The van der Waals surface area contributed by atoms with Crippen molar-refractivity contribution in [2.75, 3.05) is 6.61 Å². The average molecular weight is 161 g/mol. The van der Waals surface area contributed by atoms with Crippen LogP contribution in [0.25, 0.3) is 0 Å². The zero-order valence-corrected chi connectivity index (χ0v) is 5.93. The van der Waals surface area contributed by atoms with E-state index in [0.717, 1.165) is 0 Å². The molecule has 0 aromatic rings. The average Bonchev–Trinajstić information content (AvgIpc) is 2.36. The van der Waals surface area contributed by atoms with E-state index in [1.54, 1.807) is 0 Å². The van der Waals surface area contributed by atoms with Crippen LogP contribution in [-0.2, 0) is 9.53 Å². The Kier molecular flexibility index (Phi) is 2.81. The van der Waals surface area contributed by atoms with Crippen molar-refractivity contribution >= 4 is 6.41 Å². The van der Waals surface area contributed by atoms with Gasteiger partial charge in [0.2, 0.25) is 6.41 Å². The first-order valence-corrected chi connectivity index (χ1v) is 3.43. The Bertz CT molecular complexity index is 141. The van der Waals surface area contributed by atoms with Crippen LogP contribution >= 0.6 is 0 Å². The first-order chi connectivity index (χ1) is 5.25. The van der Waals surface area contributed by atoms with Gasteiger partial charge in [0.25, 0.3) is 0 Å². The fourth-order valence-corrected chi connectivity index (χ4v) is 1.07. The molecule has 0 radical (unpaired) electrons. The van der Waals surface area contributed by atoms with E-state index in [1.807, 2.05) is 0 Å². The lowest BCUT2D eigenvalue weighted by atomic mass is 10.2. The summed E-state index contributed by atoms with van der Waals surface area (Å²) in [5, 5.41) is 20.3. The van der Waals surface area contributed by atoms with E-state index in [4.69, 9.17) is 14.9 Å². The third-order valence-corrected chi connectivity index (χ3v) is 1.65. The molecule has 1 amide bonds. The molecule has 1 heterocycles. The minimum absolute atomic E-state index is 0.374. The van der Waals surface area contributed by atoms with Crippen LogP contribution < -0.4 is 5.32 Å². The molecule has 5 heteroatoms. The summed E-state index contributed by atoms with van der Waals surface area (Å²) in [4.78, 5) is 9.87. The Balaban J connectivity index is 2.38. The molecule has 1 unspecified atom stereocenters. The van der Waals surface area contributed by atoms with Gasteiger partial charge in [0.15, 0.2) is 6.23 Å². The van der Waals surface area contributed by atoms with Gasteiger partial charge in [-0.15, -0.1) is 0 Å². The maximum absolute atomic E-state index is 9.87. The lowest BCUT2D eigenvalue weighted by molar-refractivity contribution is -0.117. The van der Waals surface area contributed by atoms with Crippen LogP contribution in [0.2, 0.25) is 0 Å². The van der Waals surface area contributed by atoms with Crippen LogP contribution in [0, 0.1) is 0 Å². The van der Waals surface area contributed by atoms with Crippen LogP contribution in [0.5, 0.6) is 0 Å². The van der Waals surface area contributed by atoms with Crippen LogP contribution in [0.3, 0.4) is 0 Å². The number of nitrogens with one attached hydrogen (secondary N) is 1. The molecule has 0 aromatic heterocycles. The molecule has 1 aliphatic rings. The smallest absolute Gasteiger partial charge is 0.209 e. The van der Waals surface area contributed by atoms with Gasteiger partial charge in [0, 0.05) is 6.61 Å². The van der Waals surface area contributed by atoms with E-state index >= 15 is 0 Å². The fourth-order valence-electron chi connectivity index (χ4n) is 1.07. The molecule has 3 atom stereocenters. The van der Waals surface area contributed by atoms with Crippen LogP contribution in [0.1, 0.15) is 6.42 Å². The first kappa shape index (κ1) is 8.45. The highest BCUT2D eigenvalue weighted by Gasteiger charge is 2.32. The molecule has 3 N–H and O–H groups in total. The standard InChI is InChI=1S/C6H11NO4/c8-3-7-6(10)5-4(9)1-2-11-5/h3-6,9-10H,1-2H2,(H,7,8)/t4-,5-,6?/m0/s1. The van der Waals surface area contributed by atoms with Crippen molar-refractivity contribution in [2.45, 2.75) is 24.9 Å². The maximum Gasteiger partial charge on any atom is 0.209 e. The molecule has 1 saturated heterocycles. The van der Waals surface area contributed by atoms with E-state index in [-0.39, 0.29) is 0 Å².